The Balaban J connectivity index is 1.70. The molecule has 1 amide bonds. The van der Waals surface area contributed by atoms with Crippen molar-refractivity contribution in [1.29, 1.82) is 0 Å². The summed E-state index contributed by atoms with van der Waals surface area (Å²) in [4.78, 5) is 15.2. The molecule has 0 saturated carbocycles. The molecule has 0 saturated heterocycles. The maximum atomic E-state index is 13.6. The number of ether oxygens (including phenoxy) is 4. The summed E-state index contributed by atoms with van der Waals surface area (Å²) in [6.45, 7) is 0.328. The van der Waals surface area contributed by atoms with E-state index in [9.17, 15) is 18.0 Å². The highest BCUT2D eigenvalue weighted by atomic mass is 19.4. The predicted molar refractivity (Wildman–Crippen MR) is 127 cm³/mol. The number of nitrogens with zero attached hydrogens (tertiary/aromatic N) is 1. The molecule has 6 nitrogen and oxygen atoms in total. The zero-order chi connectivity index (χ0) is 25.9. The standard InChI is InChI=1S/C27H26F3NO5/c1-33-20-8-4-6-18(12-20)26(32)31-11-10-17-13-24(34-2)25(35-3)15-22(17)23(31)16-36-21-9-5-7-19(14-21)27(28,29)30/h4-9,12-15,23H,10-11,16H2,1-3H3/t23-/m0/s1. The molecule has 1 atom stereocenters. The molecule has 0 bridgehead atoms. The minimum atomic E-state index is -4.49. The second kappa shape index (κ2) is 10.4. The number of hydrogen-bond donors (Lipinski definition) is 0. The maximum Gasteiger partial charge on any atom is 0.416 e. The van der Waals surface area contributed by atoms with Gasteiger partial charge in [0.05, 0.1) is 32.9 Å². The zero-order valence-corrected chi connectivity index (χ0v) is 20.1. The Labute approximate surface area is 207 Å². The molecule has 0 spiro atoms. The van der Waals surface area contributed by atoms with Gasteiger partial charge in [-0.15, -0.1) is 0 Å². The van der Waals surface area contributed by atoms with Crippen LogP contribution < -0.4 is 18.9 Å². The van der Waals surface area contributed by atoms with Crippen LogP contribution >= 0.6 is 0 Å². The van der Waals surface area contributed by atoms with Crippen molar-refractivity contribution in [2.24, 2.45) is 0 Å². The van der Waals surface area contributed by atoms with Crippen LogP contribution in [-0.4, -0.2) is 45.3 Å². The van der Waals surface area contributed by atoms with E-state index in [4.69, 9.17) is 18.9 Å². The highest BCUT2D eigenvalue weighted by Gasteiger charge is 2.34. The highest BCUT2D eigenvalue weighted by Crippen LogP contribution is 2.39. The van der Waals surface area contributed by atoms with Gasteiger partial charge in [0.25, 0.3) is 5.91 Å². The van der Waals surface area contributed by atoms with Crippen molar-refractivity contribution in [3.8, 4) is 23.0 Å². The Kier molecular flexibility index (Phi) is 7.28. The van der Waals surface area contributed by atoms with Crippen LogP contribution in [0.2, 0.25) is 0 Å². The molecule has 1 aliphatic rings. The van der Waals surface area contributed by atoms with Crippen molar-refractivity contribution >= 4 is 5.91 Å². The molecule has 0 aromatic heterocycles. The van der Waals surface area contributed by atoms with Gasteiger partial charge in [-0.1, -0.05) is 12.1 Å². The first-order valence-corrected chi connectivity index (χ1v) is 11.2. The molecule has 36 heavy (non-hydrogen) atoms. The molecule has 0 radical (unpaired) electrons. The number of rotatable bonds is 7. The van der Waals surface area contributed by atoms with Gasteiger partial charge in [-0.3, -0.25) is 4.79 Å². The maximum absolute atomic E-state index is 13.6. The molecule has 190 valence electrons. The minimum absolute atomic E-state index is 0.0560. The van der Waals surface area contributed by atoms with Gasteiger partial charge in [0, 0.05) is 12.1 Å². The first-order chi connectivity index (χ1) is 17.2. The third-order valence-electron chi connectivity index (χ3n) is 6.15. The van der Waals surface area contributed by atoms with Crippen LogP contribution in [0.5, 0.6) is 23.0 Å². The molecule has 0 unspecified atom stereocenters. The van der Waals surface area contributed by atoms with E-state index >= 15 is 0 Å². The highest BCUT2D eigenvalue weighted by molar-refractivity contribution is 5.95. The Morgan fingerprint density at radius 2 is 1.61 bits per heavy atom. The Morgan fingerprint density at radius 1 is 0.917 bits per heavy atom. The minimum Gasteiger partial charge on any atom is -0.497 e. The number of alkyl halides is 3. The zero-order valence-electron chi connectivity index (χ0n) is 20.1. The number of halogens is 3. The quantitative estimate of drug-likeness (QED) is 0.425. The van der Waals surface area contributed by atoms with Crippen molar-refractivity contribution in [2.45, 2.75) is 18.6 Å². The van der Waals surface area contributed by atoms with Crippen molar-refractivity contribution in [3.05, 3.63) is 82.9 Å². The topological polar surface area (TPSA) is 57.2 Å². The monoisotopic (exact) mass is 501 g/mol. The average molecular weight is 502 g/mol. The molecule has 4 rings (SSSR count). The number of benzene rings is 3. The van der Waals surface area contributed by atoms with Crippen LogP contribution in [0.25, 0.3) is 0 Å². The van der Waals surface area contributed by atoms with Crippen LogP contribution in [0.15, 0.2) is 60.7 Å². The van der Waals surface area contributed by atoms with Gasteiger partial charge in [0.15, 0.2) is 11.5 Å². The van der Waals surface area contributed by atoms with Crippen LogP contribution in [0, 0.1) is 0 Å². The second-order valence-corrected chi connectivity index (χ2v) is 8.24. The lowest BCUT2D eigenvalue weighted by atomic mass is 9.91. The number of carbonyl (C=O) groups is 1. The third kappa shape index (κ3) is 5.19. The number of amides is 1. The van der Waals surface area contributed by atoms with Crippen LogP contribution in [0.4, 0.5) is 13.2 Å². The number of methoxy groups -OCH3 is 3. The summed E-state index contributed by atoms with van der Waals surface area (Å²) in [6.07, 6.45) is -3.93. The van der Waals surface area contributed by atoms with Crippen LogP contribution in [0.3, 0.4) is 0 Å². The van der Waals surface area contributed by atoms with E-state index in [1.54, 1.807) is 42.3 Å². The molecular weight excluding hydrogens is 475 g/mol. The van der Waals surface area contributed by atoms with Gasteiger partial charge in [-0.2, -0.15) is 13.2 Å². The van der Waals surface area contributed by atoms with Gasteiger partial charge in [0.1, 0.15) is 18.1 Å². The first kappa shape index (κ1) is 25.2. The van der Waals surface area contributed by atoms with Gasteiger partial charge in [0.2, 0.25) is 0 Å². The largest absolute Gasteiger partial charge is 0.497 e. The summed E-state index contributed by atoms with van der Waals surface area (Å²) in [6, 6.07) is 14.6. The molecular formula is C27H26F3NO5. The lowest BCUT2D eigenvalue weighted by Crippen LogP contribution is -2.42. The fourth-order valence-electron chi connectivity index (χ4n) is 4.31. The lowest BCUT2D eigenvalue weighted by Gasteiger charge is -2.37. The predicted octanol–water partition coefficient (Wildman–Crippen LogP) is 5.55. The van der Waals surface area contributed by atoms with Gasteiger partial charge < -0.3 is 23.8 Å². The van der Waals surface area contributed by atoms with E-state index in [0.29, 0.717) is 35.8 Å². The van der Waals surface area contributed by atoms with Crippen LogP contribution in [0.1, 0.15) is 33.1 Å². The molecule has 3 aromatic rings. The summed E-state index contributed by atoms with van der Waals surface area (Å²) < 4.78 is 61.5. The van der Waals surface area contributed by atoms with Crippen molar-refractivity contribution in [2.75, 3.05) is 34.5 Å². The molecule has 1 aliphatic heterocycles. The van der Waals surface area contributed by atoms with E-state index in [1.807, 2.05) is 6.07 Å². The SMILES string of the molecule is COc1cccc(C(=O)N2CCc3cc(OC)c(OC)cc3[C@@H]2COc2cccc(C(F)(F)F)c2)c1. The number of fused-ring (bicyclic) bond motifs is 1. The smallest absolute Gasteiger partial charge is 0.416 e. The van der Waals surface area contributed by atoms with Gasteiger partial charge >= 0.3 is 6.18 Å². The summed E-state index contributed by atoms with van der Waals surface area (Å²) >= 11 is 0. The van der Waals surface area contributed by atoms with Gasteiger partial charge in [-0.25, -0.2) is 0 Å². The first-order valence-electron chi connectivity index (χ1n) is 11.2. The van der Waals surface area contributed by atoms with Crippen LogP contribution in [-0.2, 0) is 12.6 Å². The third-order valence-corrected chi connectivity index (χ3v) is 6.15. The summed E-state index contributed by atoms with van der Waals surface area (Å²) in [5.41, 5.74) is 1.35. The molecule has 0 fully saturated rings. The lowest BCUT2D eigenvalue weighted by molar-refractivity contribution is -0.137. The Morgan fingerprint density at radius 3 is 2.31 bits per heavy atom. The molecule has 9 heteroatoms. The van der Waals surface area contributed by atoms with E-state index in [-0.39, 0.29) is 18.3 Å². The Hall–Kier alpha value is -3.88. The van der Waals surface area contributed by atoms with Gasteiger partial charge in [-0.05, 0) is 66.1 Å². The van der Waals surface area contributed by atoms with E-state index < -0.39 is 17.8 Å². The fraction of sp³-hybridized carbons (Fsp3) is 0.296. The summed E-state index contributed by atoms with van der Waals surface area (Å²) in [7, 11) is 4.58. The molecule has 0 aliphatic carbocycles. The fourth-order valence-corrected chi connectivity index (χ4v) is 4.31. The van der Waals surface area contributed by atoms with E-state index in [1.165, 1.54) is 26.4 Å². The molecule has 3 aromatic carbocycles. The van der Waals surface area contributed by atoms with Crippen molar-refractivity contribution in [3.63, 3.8) is 0 Å². The normalized spacial score (nSPS) is 15.2. The summed E-state index contributed by atoms with van der Waals surface area (Å²) in [5, 5.41) is 0. The van der Waals surface area contributed by atoms with Crippen molar-refractivity contribution in [1.82, 2.24) is 4.90 Å². The molecule has 1 heterocycles. The van der Waals surface area contributed by atoms with Crippen molar-refractivity contribution < 1.29 is 36.9 Å². The van der Waals surface area contributed by atoms with E-state index in [0.717, 1.165) is 23.3 Å². The second-order valence-electron chi connectivity index (χ2n) is 8.24. The molecule has 0 N–H and O–H groups in total. The van der Waals surface area contributed by atoms with E-state index in [2.05, 4.69) is 0 Å². The average Bonchev–Trinajstić information content (AvgIpc) is 2.90. The Bertz CT molecular complexity index is 1240. The number of carbonyl (C=O) groups excluding carboxylic acids is 1. The summed E-state index contributed by atoms with van der Waals surface area (Å²) in [5.74, 6) is 1.40. The number of hydrogen-bond acceptors (Lipinski definition) is 5.